The van der Waals surface area contributed by atoms with Gasteiger partial charge in [0.05, 0.1) is 24.1 Å². The maximum atomic E-state index is 13.3. The van der Waals surface area contributed by atoms with Crippen LogP contribution in [0.5, 0.6) is 5.75 Å². The molecule has 33 heavy (non-hydrogen) atoms. The number of nitrogens with zero attached hydrogens (tertiary/aromatic N) is 1. The van der Waals surface area contributed by atoms with Crippen LogP contribution in [-0.4, -0.2) is 74.3 Å². The van der Waals surface area contributed by atoms with Crippen molar-refractivity contribution < 1.29 is 28.6 Å². The minimum absolute atomic E-state index is 0.0298. The van der Waals surface area contributed by atoms with Crippen molar-refractivity contribution in [3.05, 3.63) is 23.8 Å². The lowest BCUT2D eigenvalue weighted by molar-refractivity contribution is -0.134. The molecule has 3 aliphatic rings. The SMILES string of the molecule is CCNC(=O)C[C@H]1CC[C@@H]2[C@H](COc3ccc(NC(=O)C4CCOCC4)cc3C(=O)N2C)O1. The highest BCUT2D eigenvalue weighted by molar-refractivity contribution is 6.00. The summed E-state index contributed by atoms with van der Waals surface area (Å²) in [5.74, 6) is 0.127. The highest BCUT2D eigenvalue weighted by atomic mass is 16.5. The van der Waals surface area contributed by atoms with E-state index in [9.17, 15) is 14.4 Å². The molecule has 0 aliphatic carbocycles. The monoisotopic (exact) mass is 459 g/mol. The van der Waals surface area contributed by atoms with Crippen molar-refractivity contribution in [3.63, 3.8) is 0 Å². The van der Waals surface area contributed by atoms with Crippen molar-refractivity contribution in [2.24, 2.45) is 5.92 Å². The van der Waals surface area contributed by atoms with Gasteiger partial charge in [0.25, 0.3) is 5.91 Å². The Morgan fingerprint density at radius 3 is 2.70 bits per heavy atom. The predicted octanol–water partition coefficient (Wildman–Crippen LogP) is 1.96. The third-order valence-corrected chi connectivity index (χ3v) is 6.66. The molecule has 0 unspecified atom stereocenters. The van der Waals surface area contributed by atoms with E-state index in [-0.39, 0.29) is 48.5 Å². The summed E-state index contributed by atoms with van der Waals surface area (Å²) in [6, 6.07) is 5.02. The molecule has 2 N–H and O–H groups in total. The first-order chi connectivity index (χ1) is 16.0. The lowest BCUT2D eigenvalue weighted by Crippen LogP contribution is -2.54. The molecule has 0 spiro atoms. The third kappa shape index (κ3) is 5.47. The molecule has 0 radical (unpaired) electrons. The minimum Gasteiger partial charge on any atom is -0.490 e. The molecule has 3 amide bonds. The number of nitrogens with one attached hydrogen (secondary N) is 2. The second-order valence-corrected chi connectivity index (χ2v) is 8.91. The maximum absolute atomic E-state index is 13.3. The number of hydrogen-bond donors (Lipinski definition) is 2. The lowest BCUT2D eigenvalue weighted by atomic mass is 9.94. The van der Waals surface area contributed by atoms with E-state index in [2.05, 4.69) is 10.6 Å². The average Bonchev–Trinajstić information content (AvgIpc) is 2.82. The molecule has 180 valence electrons. The van der Waals surface area contributed by atoms with Gasteiger partial charge in [-0.25, -0.2) is 0 Å². The first-order valence-corrected chi connectivity index (χ1v) is 11.8. The van der Waals surface area contributed by atoms with E-state index >= 15 is 0 Å². The smallest absolute Gasteiger partial charge is 0.257 e. The molecule has 0 bridgehead atoms. The summed E-state index contributed by atoms with van der Waals surface area (Å²) >= 11 is 0. The van der Waals surface area contributed by atoms with Crippen molar-refractivity contribution in [3.8, 4) is 5.75 Å². The van der Waals surface area contributed by atoms with Gasteiger partial charge in [0.2, 0.25) is 11.8 Å². The van der Waals surface area contributed by atoms with Crippen LogP contribution in [0.3, 0.4) is 0 Å². The zero-order valence-electron chi connectivity index (χ0n) is 19.3. The molecule has 9 heteroatoms. The first kappa shape index (κ1) is 23.5. The summed E-state index contributed by atoms with van der Waals surface area (Å²) in [6.07, 6.45) is 2.64. The van der Waals surface area contributed by atoms with Crippen LogP contribution in [0.25, 0.3) is 0 Å². The molecule has 9 nitrogen and oxygen atoms in total. The van der Waals surface area contributed by atoms with E-state index in [4.69, 9.17) is 14.2 Å². The Labute approximate surface area is 194 Å². The molecule has 0 aromatic heterocycles. The fourth-order valence-corrected chi connectivity index (χ4v) is 4.79. The Morgan fingerprint density at radius 2 is 1.94 bits per heavy atom. The summed E-state index contributed by atoms with van der Waals surface area (Å²) in [5, 5.41) is 5.75. The summed E-state index contributed by atoms with van der Waals surface area (Å²) in [7, 11) is 1.77. The molecule has 2 saturated heterocycles. The average molecular weight is 460 g/mol. The van der Waals surface area contributed by atoms with E-state index in [1.54, 1.807) is 30.1 Å². The van der Waals surface area contributed by atoms with E-state index in [1.165, 1.54) is 0 Å². The van der Waals surface area contributed by atoms with Gasteiger partial charge in [0.1, 0.15) is 18.5 Å². The fourth-order valence-electron chi connectivity index (χ4n) is 4.79. The van der Waals surface area contributed by atoms with Crippen LogP contribution in [0.2, 0.25) is 0 Å². The number of ether oxygens (including phenoxy) is 3. The minimum atomic E-state index is -0.312. The zero-order valence-corrected chi connectivity index (χ0v) is 19.3. The summed E-state index contributed by atoms with van der Waals surface area (Å²) < 4.78 is 17.5. The Balaban J connectivity index is 1.46. The number of carbonyl (C=O) groups is 3. The van der Waals surface area contributed by atoms with Crippen molar-refractivity contribution in [2.75, 3.05) is 38.7 Å². The van der Waals surface area contributed by atoms with Crippen molar-refractivity contribution in [2.45, 2.75) is 57.3 Å². The van der Waals surface area contributed by atoms with Crippen molar-refractivity contribution in [1.29, 1.82) is 0 Å². The van der Waals surface area contributed by atoms with Gasteiger partial charge >= 0.3 is 0 Å². The van der Waals surface area contributed by atoms with Gasteiger partial charge in [-0.05, 0) is 50.8 Å². The topological polar surface area (TPSA) is 106 Å². The van der Waals surface area contributed by atoms with Crippen LogP contribution < -0.4 is 15.4 Å². The van der Waals surface area contributed by atoms with Crippen LogP contribution in [0.15, 0.2) is 18.2 Å². The van der Waals surface area contributed by atoms with Crippen LogP contribution in [0.1, 0.15) is 49.4 Å². The van der Waals surface area contributed by atoms with E-state index in [0.717, 1.165) is 6.42 Å². The quantitative estimate of drug-likeness (QED) is 0.697. The summed E-state index contributed by atoms with van der Waals surface area (Å²) in [6.45, 7) is 3.95. The third-order valence-electron chi connectivity index (χ3n) is 6.66. The van der Waals surface area contributed by atoms with Gasteiger partial charge in [-0.3, -0.25) is 14.4 Å². The number of amides is 3. The van der Waals surface area contributed by atoms with Crippen LogP contribution in [-0.2, 0) is 19.1 Å². The number of rotatable bonds is 5. The van der Waals surface area contributed by atoms with E-state index in [1.807, 2.05) is 6.92 Å². The Morgan fingerprint density at radius 1 is 1.15 bits per heavy atom. The molecular formula is C24H33N3O6. The van der Waals surface area contributed by atoms with Gasteiger partial charge in [0.15, 0.2) is 0 Å². The molecule has 2 fully saturated rings. The van der Waals surface area contributed by atoms with Gasteiger partial charge in [-0.1, -0.05) is 0 Å². The van der Waals surface area contributed by atoms with E-state index < -0.39 is 0 Å². The van der Waals surface area contributed by atoms with Gasteiger partial charge in [-0.15, -0.1) is 0 Å². The number of benzene rings is 1. The molecule has 3 aliphatic heterocycles. The summed E-state index contributed by atoms with van der Waals surface area (Å²) in [5.41, 5.74) is 1.000. The summed E-state index contributed by atoms with van der Waals surface area (Å²) in [4.78, 5) is 39.6. The number of carbonyl (C=O) groups excluding carboxylic acids is 3. The predicted molar refractivity (Wildman–Crippen MR) is 121 cm³/mol. The molecule has 3 heterocycles. The first-order valence-electron chi connectivity index (χ1n) is 11.8. The highest BCUT2D eigenvalue weighted by Gasteiger charge is 2.39. The van der Waals surface area contributed by atoms with Gasteiger partial charge in [-0.2, -0.15) is 0 Å². The highest BCUT2D eigenvalue weighted by Crippen LogP contribution is 2.32. The molecule has 0 saturated carbocycles. The molecular weight excluding hydrogens is 426 g/mol. The van der Waals surface area contributed by atoms with Crippen LogP contribution in [0.4, 0.5) is 5.69 Å². The number of fused-ring (bicyclic) bond motifs is 2. The second kappa shape index (κ2) is 10.5. The number of hydrogen-bond acceptors (Lipinski definition) is 6. The van der Waals surface area contributed by atoms with Crippen molar-refractivity contribution >= 4 is 23.4 Å². The Kier molecular flexibility index (Phi) is 7.49. The Hall–Kier alpha value is -2.65. The van der Waals surface area contributed by atoms with Crippen LogP contribution >= 0.6 is 0 Å². The number of likely N-dealkylation sites (N-methyl/N-ethyl adjacent to an activating group) is 1. The molecule has 1 aromatic rings. The lowest BCUT2D eigenvalue weighted by Gasteiger charge is -2.42. The Bertz CT molecular complexity index is 885. The largest absolute Gasteiger partial charge is 0.490 e. The van der Waals surface area contributed by atoms with Gasteiger partial charge in [0, 0.05) is 38.4 Å². The standard InChI is InChI=1S/C24H33N3O6/c1-3-25-22(28)13-17-5-6-19-21(33-17)14-32-20-7-4-16(12-18(20)24(30)27(19)2)26-23(29)15-8-10-31-11-9-15/h4,7,12,15,17,19,21H,3,5-6,8-11,13-14H2,1-2H3,(H,25,28)(H,26,29)/t17-,19-,21+/m1/s1. The van der Waals surface area contributed by atoms with E-state index in [0.29, 0.717) is 62.4 Å². The van der Waals surface area contributed by atoms with Crippen LogP contribution in [0, 0.1) is 5.92 Å². The van der Waals surface area contributed by atoms with Gasteiger partial charge < -0.3 is 29.7 Å². The molecule has 3 atom stereocenters. The fraction of sp³-hybridized carbons (Fsp3) is 0.625. The zero-order chi connectivity index (χ0) is 23.4. The molecule has 1 aromatic carbocycles. The van der Waals surface area contributed by atoms with Crippen molar-refractivity contribution in [1.82, 2.24) is 10.2 Å². The molecule has 4 rings (SSSR count). The normalized spacial score (nSPS) is 25.7. The number of anilines is 1. The second-order valence-electron chi connectivity index (χ2n) is 8.91. The maximum Gasteiger partial charge on any atom is 0.257 e.